The lowest BCUT2D eigenvalue weighted by Crippen LogP contribution is -2.35. The monoisotopic (exact) mass is 255 g/mol. The third-order valence-corrected chi connectivity index (χ3v) is 3.55. The summed E-state index contributed by atoms with van der Waals surface area (Å²) >= 11 is 5.88. The molecule has 1 saturated carbocycles. The van der Waals surface area contributed by atoms with Crippen molar-refractivity contribution in [2.45, 2.75) is 18.4 Å². The maximum atomic E-state index is 5.88. The Bertz CT molecular complexity index is 366. The van der Waals surface area contributed by atoms with Crippen molar-refractivity contribution in [2.75, 3.05) is 26.1 Å². The molecule has 0 radical (unpaired) electrons. The van der Waals surface area contributed by atoms with Gasteiger partial charge in [-0.1, -0.05) is 12.1 Å². The van der Waals surface area contributed by atoms with Gasteiger partial charge in [0.1, 0.15) is 6.61 Å². The van der Waals surface area contributed by atoms with Crippen LogP contribution in [0.2, 0.25) is 0 Å². The van der Waals surface area contributed by atoms with Crippen LogP contribution in [0.5, 0.6) is 11.5 Å². The van der Waals surface area contributed by atoms with Crippen LogP contribution in [0, 0.1) is 0 Å². The van der Waals surface area contributed by atoms with Crippen molar-refractivity contribution in [3.8, 4) is 11.5 Å². The van der Waals surface area contributed by atoms with E-state index < -0.39 is 0 Å². The van der Waals surface area contributed by atoms with E-state index in [2.05, 4.69) is 5.32 Å². The zero-order valence-electron chi connectivity index (χ0n) is 10.0. The highest BCUT2D eigenvalue weighted by Gasteiger charge is 2.40. The highest BCUT2D eigenvalue weighted by molar-refractivity contribution is 6.18. The van der Waals surface area contributed by atoms with Crippen LogP contribution in [-0.4, -0.2) is 31.7 Å². The van der Waals surface area contributed by atoms with E-state index in [-0.39, 0.29) is 5.54 Å². The quantitative estimate of drug-likeness (QED) is 0.600. The van der Waals surface area contributed by atoms with Gasteiger partial charge in [-0.15, -0.1) is 11.6 Å². The largest absolute Gasteiger partial charge is 0.493 e. The number of rotatable bonds is 7. The first-order chi connectivity index (χ1) is 8.29. The van der Waals surface area contributed by atoms with Crippen LogP contribution in [0.15, 0.2) is 24.3 Å². The Morgan fingerprint density at radius 1 is 1.29 bits per heavy atom. The van der Waals surface area contributed by atoms with Gasteiger partial charge in [-0.25, -0.2) is 0 Å². The molecule has 0 aromatic heterocycles. The van der Waals surface area contributed by atoms with E-state index in [0.717, 1.165) is 18.0 Å². The van der Waals surface area contributed by atoms with Crippen molar-refractivity contribution in [3.05, 3.63) is 24.3 Å². The number of halogens is 1. The van der Waals surface area contributed by atoms with Gasteiger partial charge in [-0.3, -0.25) is 0 Å². The first kappa shape index (κ1) is 12.5. The Hall–Kier alpha value is -0.930. The third kappa shape index (κ3) is 3.27. The van der Waals surface area contributed by atoms with Gasteiger partial charge in [0, 0.05) is 18.0 Å². The van der Waals surface area contributed by atoms with Crippen molar-refractivity contribution in [1.29, 1.82) is 0 Å². The molecule has 1 aromatic carbocycles. The zero-order valence-corrected chi connectivity index (χ0v) is 10.8. The van der Waals surface area contributed by atoms with Crippen molar-refractivity contribution in [1.82, 2.24) is 5.32 Å². The smallest absolute Gasteiger partial charge is 0.161 e. The first-order valence-electron chi connectivity index (χ1n) is 5.86. The highest BCUT2D eigenvalue weighted by Crippen LogP contribution is 2.36. The molecule has 4 heteroatoms. The summed E-state index contributed by atoms with van der Waals surface area (Å²) in [5.41, 5.74) is 0.186. The maximum Gasteiger partial charge on any atom is 0.161 e. The number of hydrogen-bond acceptors (Lipinski definition) is 3. The number of alkyl halides is 1. The molecule has 0 spiro atoms. The zero-order chi connectivity index (χ0) is 12.1. The van der Waals surface area contributed by atoms with E-state index in [0.29, 0.717) is 12.5 Å². The molecule has 1 aliphatic rings. The second-order valence-electron chi connectivity index (χ2n) is 4.34. The lowest BCUT2D eigenvalue weighted by Gasteiger charge is -2.15. The molecule has 0 saturated heterocycles. The van der Waals surface area contributed by atoms with Gasteiger partial charge in [-0.05, 0) is 25.0 Å². The predicted octanol–water partition coefficient (Wildman–Crippen LogP) is 2.44. The maximum absolute atomic E-state index is 5.88. The van der Waals surface area contributed by atoms with E-state index in [1.54, 1.807) is 7.11 Å². The molecule has 1 fully saturated rings. The molecule has 0 atom stereocenters. The van der Waals surface area contributed by atoms with Crippen molar-refractivity contribution >= 4 is 11.6 Å². The Labute approximate surface area is 107 Å². The summed E-state index contributed by atoms with van der Waals surface area (Å²) in [5, 5.41) is 3.43. The minimum atomic E-state index is 0.186. The molecule has 17 heavy (non-hydrogen) atoms. The van der Waals surface area contributed by atoms with E-state index in [4.69, 9.17) is 21.1 Å². The lowest BCUT2D eigenvalue weighted by molar-refractivity contribution is 0.286. The summed E-state index contributed by atoms with van der Waals surface area (Å²) in [6, 6.07) is 7.67. The summed E-state index contributed by atoms with van der Waals surface area (Å²) in [5.74, 6) is 2.24. The van der Waals surface area contributed by atoms with Gasteiger partial charge in [0.05, 0.1) is 7.11 Å². The molecule has 1 aromatic rings. The molecule has 2 rings (SSSR count). The average molecular weight is 256 g/mol. The molecule has 1 N–H and O–H groups in total. The molecule has 3 nitrogen and oxygen atoms in total. The second-order valence-corrected chi connectivity index (χ2v) is 4.61. The van der Waals surface area contributed by atoms with Crippen LogP contribution in [-0.2, 0) is 0 Å². The lowest BCUT2D eigenvalue weighted by atomic mass is 10.3. The van der Waals surface area contributed by atoms with Crippen LogP contribution < -0.4 is 14.8 Å². The van der Waals surface area contributed by atoms with Crippen LogP contribution >= 0.6 is 11.6 Å². The second kappa shape index (κ2) is 5.61. The molecule has 0 bridgehead atoms. The van der Waals surface area contributed by atoms with Crippen molar-refractivity contribution in [3.63, 3.8) is 0 Å². The highest BCUT2D eigenvalue weighted by atomic mass is 35.5. The van der Waals surface area contributed by atoms with Crippen molar-refractivity contribution < 1.29 is 9.47 Å². The van der Waals surface area contributed by atoms with Gasteiger partial charge in [0.25, 0.3) is 0 Å². The van der Waals surface area contributed by atoms with Crippen LogP contribution in [0.1, 0.15) is 12.8 Å². The number of benzene rings is 1. The van der Waals surface area contributed by atoms with Crippen LogP contribution in [0.3, 0.4) is 0 Å². The molecule has 0 heterocycles. The Kier molecular flexibility index (Phi) is 4.13. The summed E-state index contributed by atoms with van der Waals surface area (Å²) < 4.78 is 10.9. The topological polar surface area (TPSA) is 30.5 Å². The Balaban J connectivity index is 1.74. The first-order valence-corrected chi connectivity index (χ1v) is 6.40. The van der Waals surface area contributed by atoms with Gasteiger partial charge in [-0.2, -0.15) is 0 Å². The number of hydrogen-bond donors (Lipinski definition) is 1. The van der Waals surface area contributed by atoms with E-state index in [1.165, 1.54) is 12.8 Å². The predicted molar refractivity (Wildman–Crippen MR) is 69.2 cm³/mol. The molecular formula is C13H18ClNO2. The normalized spacial score (nSPS) is 16.6. The Morgan fingerprint density at radius 3 is 2.59 bits per heavy atom. The summed E-state index contributed by atoms with van der Waals surface area (Å²) in [4.78, 5) is 0. The fourth-order valence-electron chi connectivity index (χ4n) is 1.72. The fraction of sp³-hybridized carbons (Fsp3) is 0.538. The number of methoxy groups -OCH3 is 1. The molecular weight excluding hydrogens is 238 g/mol. The molecule has 0 amide bonds. The molecule has 1 aliphatic carbocycles. The van der Waals surface area contributed by atoms with Gasteiger partial charge >= 0.3 is 0 Å². The van der Waals surface area contributed by atoms with Gasteiger partial charge in [0.2, 0.25) is 0 Å². The summed E-state index contributed by atoms with van der Waals surface area (Å²) in [6.07, 6.45) is 2.34. The molecule has 0 aliphatic heterocycles. The molecule has 94 valence electrons. The number of nitrogens with one attached hydrogen (secondary N) is 1. The average Bonchev–Trinajstić information content (AvgIpc) is 3.16. The number of para-hydroxylation sites is 2. The minimum Gasteiger partial charge on any atom is -0.493 e. The molecule has 0 unspecified atom stereocenters. The minimum absolute atomic E-state index is 0.186. The fourth-order valence-corrected chi connectivity index (χ4v) is 2.09. The van der Waals surface area contributed by atoms with Crippen LogP contribution in [0.25, 0.3) is 0 Å². The number of ether oxygens (including phenoxy) is 2. The van der Waals surface area contributed by atoms with E-state index in [9.17, 15) is 0 Å². The van der Waals surface area contributed by atoms with Crippen molar-refractivity contribution in [2.24, 2.45) is 0 Å². The standard InChI is InChI=1S/C13H18ClNO2/c1-16-11-4-2-3-5-12(11)17-9-8-15-13(10-14)6-7-13/h2-5,15H,6-10H2,1H3. The van der Waals surface area contributed by atoms with Gasteiger partial charge < -0.3 is 14.8 Å². The third-order valence-electron chi connectivity index (χ3n) is 3.04. The summed E-state index contributed by atoms with van der Waals surface area (Å²) in [7, 11) is 1.65. The van der Waals surface area contributed by atoms with Crippen LogP contribution in [0.4, 0.5) is 0 Å². The SMILES string of the molecule is COc1ccccc1OCCNC1(CCl)CC1. The summed E-state index contributed by atoms with van der Waals surface area (Å²) in [6.45, 7) is 1.43. The van der Waals surface area contributed by atoms with Gasteiger partial charge in [0.15, 0.2) is 11.5 Å². The van der Waals surface area contributed by atoms with E-state index >= 15 is 0 Å². The van der Waals surface area contributed by atoms with E-state index in [1.807, 2.05) is 24.3 Å². The Morgan fingerprint density at radius 2 is 2.00 bits per heavy atom.